The van der Waals surface area contributed by atoms with Gasteiger partial charge in [-0.1, -0.05) is 35.9 Å². The van der Waals surface area contributed by atoms with E-state index in [-0.39, 0.29) is 24.5 Å². The van der Waals surface area contributed by atoms with Crippen LogP contribution in [0.4, 0.5) is 5.82 Å². The molecule has 6 nitrogen and oxygen atoms in total. The summed E-state index contributed by atoms with van der Waals surface area (Å²) < 4.78 is 10.8. The molecule has 1 amide bonds. The third-order valence-electron chi connectivity index (χ3n) is 5.00. The highest BCUT2D eigenvalue weighted by atomic mass is 35.5. The van der Waals surface area contributed by atoms with E-state index in [0.717, 1.165) is 23.1 Å². The van der Waals surface area contributed by atoms with Crippen molar-refractivity contribution in [3.63, 3.8) is 0 Å². The molecule has 0 saturated heterocycles. The second-order valence-electron chi connectivity index (χ2n) is 6.69. The van der Waals surface area contributed by atoms with E-state index in [1.165, 1.54) is 0 Å². The van der Waals surface area contributed by atoms with Gasteiger partial charge in [0.15, 0.2) is 11.5 Å². The van der Waals surface area contributed by atoms with Gasteiger partial charge in [-0.25, -0.2) is 0 Å². The number of nitrogens with zero attached hydrogens (tertiary/aromatic N) is 1. The van der Waals surface area contributed by atoms with Crippen molar-refractivity contribution in [1.82, 2.24) is 10.2 Å². The van der Waals surface area contributed by atoms with Gasteiger partial charge >= 0.3 is 0 Å². The molecule has 0 spiro atoms. The number of aromatic nitrogens is 2. The van der Waals surface area contributed by atoms with E-state index >= 15 is 0 Å². The summed E-state index contributed by atoms with van der Waals surface area (Å²) in [5.74, 6) is 2.02. The number of hydrogen-bond donors (Lipinski definition) is 2. The number of carbonyl (C=O) groups is 1. The Bertz CT molecular complexity index is 1030. The number of aromatic amines is 1. The second kappa shape index (κ2) is 6.32. The van der Waals surface area contributed by atoms with Gasteiger partial charge in [0.05, 0.1) is 6.20 Å². The lowest BCUT2D eigenvalue weighted by Gasteiger charge is -2.07. The second-order valence-corrected chi connectivity index (χ2v) is 7.09. The number of nitrogens with one attached hydrogen (secondary N) is 2. The summed E-state index contributed by atoms with van der Waals surface area (Å²) in [6.45, 7) is 0.221. The number of amides is 1. The van der Waals surface area contributed by atoms with E-state index < -0.39 is 0 Å². The van der Waals surface area contributed by atoms with E-state index in [4.69, 9.17) is 21.1 Å². The number of ether oxygens (including phenoxy) is 2. The van der Waals surface area contributed by atoms with Crippen LogP contribution in [-0.4, -0.2) is 22.9 Å². The van der Waals surface area contributed by atoms with Crippen LogP contribution in [0.3, 0.4) is 0 Å². The van der Waals surface area contributed by atoms with Gasteiger partial charge in [-0.05, 0) is 41.7 Å². The van der Waals surface area contributed by atoms with Crippen molar-refractivity contribution >= 4 is 23.3 Å². The molecule has 27 heavy (non-hydrogen) atoms. The molecular weight excluding hydrogens is 366 g/mol. The van der Waals surface area contributed by atoms with Gasteiger partial charge in [0.25, 0.3) is 0 Å². The average molecular weight is 382 g/mol. The Kier molecular flexibility index (Phi) is 3.79. The maximum Gasteiger partial charge on any atom is 0.231 e. The number of hydrogen-bond acceptors (Lipinski definition) is 4. The first-order valence-corrected chi connectivity index (χ1v) is 9.07. The van der Waals surface area contributed by atoms with Crippen molar-refractivity contribution in [1.29, 1.82) is 0 Å². The standard InChI is InChI=1S/C20H16ClN3O3/c21-16-4-2-1-3-12(16)13-8-14(13)20(25)23-19-15(9-22-24-19)11-5-6-17-18(7-11)27-10-26-17/h1-7,9,13-14H,8,10H2,(H2,22,23,24,25). The molecule has 2 heterocycles. The summed E-state index contributed by atoms with van der Waals surface area (Å²) in [4.78, 5) is 12.7. The first-order valence-electron chi connectivity index (χ1n) is 8.69. The molecule has 2 aromatic carbocycles. The number of rotatable bonds is 4. The van der Waals surface area contributed by atoms with Gasteiger partial charge in [0, 0.05) is 16.5 Å². The summed E-state index contributed by atoms with van der Waals surface area (Å²) in [7, 11) is 0. The van der Waals surface area contributed by atoms with Crippen LogP contribution in [0.5, 0.6) is 11.5 Å². The van der Waals surface area contributed by atoms with Crippen molar-refractivity contribution in [2.75, 3.05) is 12.1 Å². The number of halogens is 1. The zero-order valence-corrected chi connectivity index (χ0v) is 15.0. The largest absolute Gasteiger partial charge is 0.454 e. The predicted molar refractivity (Wildman–Crippen MR) is 101 cm³/mol. The zero-order chi connectivity index (χ0) is 18.4. The van der Waals surface area contributed by atoms with Crippen LogP contribution in [0.25, 0.3) is 11.1 Å². The lowest BCUT2D eigenvalue weighted by atomic mass is 10.1. The summed E-state index contributed by atoms with van der Waals surface area (Å²) in [5.41, 5.74) is 2.72. The third kappa shape index (κ3) is 2.92. The highest BCUT2D eigenvalue weighted by molar-refractivity contribution is 6.31. The van der Waals surface area contributed by atoms with Gasteiger partial charge in [0.2, 0.25) is 12.7 Å². The molecule has 2 N–H and O–H groups in total. The van der Waals surface area contributed by atoms with Gasteiger partial charge < -0.3 is 14.8 Å². The molecule has 0 bridgehead atoms. The number of H-pyrrole nitrogens is 1. The van der Waals surface area contributed by atoms with Crippen LogP contribution in [0, 0.1) is 5.92 Å². The van der Waals surface area contributed by atoms with Crippen molar-refractivity contribution in [3.05, 3.63) is 59.2 Å². The Labute approximate surface area is 160 Å². The maximum atomic E-state index is 12.7. The molecule has 0 radical (unpaired) electrons. The molecule has 5 rings (SSSR count). The van der Waals surface area contributed by atoms with Gasteiger partial charge in [-0.2, -0.15) is 5.10 Å². The van der Waals surface area contributed by atoms with Crippen LogP contribution in [-0.2, 0) is 4.79 Å². The van der Waals surface area contributed by atoms with Crippen molar-refractivity contribution in [2.45, 2.75) is 12.3 Å². The fourth-order valence-corrected chi connectivity index (χ4v) is 3.76. The SMILES string of the molecule is O=C(Nc1[nH]ncc1-c1ccc2c(c1)OCO2)C1CC1c1ccccc1Cl. The molecule has 1 aromatic heterocycles. The topological polar surface area (TPSA) is 76.2 Å². The number of anilines is 1. The van der Waals surface area contributed by atoms with E-state index in [0.29, 0.717) is 22.3 Å². The van der Waals surface area contributed by atoms with Crippen LogP contribution < -0.4 is 14.8 Å². The summed E-state index contributed by atoms with van der Waals surface area (Å²) in [5, 5.41) is 10.6. The van der Waals surface area contributed by atoms with Gasteiger partial charge in [-0.3, -0.25) is 9.89 Å². The van der Waals surface area contributed by atoms with Crippen LogP contribution >= 0.6 is 11.6 Å². The van der Waals surface area contributed by atoms with E-state index in [1.807, 2.05) is 42.5 Å². The average Bonchev–Trinajstić information content (AvgIpc) is 3.10. The maximum absolute atomic E-state index is 12.7. The molecule has 1 saturated carbocycles. The monoisotopic (exact) mass is 381 g/mol. The Balaban J connectivity index is 1.34. The number of fused-ring (bicyclic) bond motifs is 1. The van der Waals surface area contributed by atoms with Crippen molar-refractivity contribution in [2.24, 2.45) is 5.92 Å². The van der Waals surface area contributed by atoms with E-state index in [2.05, 4.69) is 15.5 Å². The fourth-order valence-electron chi connectivity index (χ4n) is 3.48. The van der Waals surface area contributed by atoms with Crippen LogP contribution in [0.15, 0.2) is 48.7 Å². The lowest BCUT2D eigenvalue weighted by Crippen LogP contribution is -2.15. The molecule has 136 valence electrons. The quantitative estimate of drug-likeness (QED) is 0.710. The highest BCUT2D eigenvalue weighted by Crippen LogP contribution is 2.50. The van der Waals surface area contributed by atoms with Crippen LogP contribution in [0.2, 0.25) is 5.02 Å². The smallest absolute Gasteiger partial charge is 0.231 e. The molecule has 3 aromatic rings. The molecule has 2 unspecified atom stereocenters. The first kappa shape index (κ1) is 16.2. The molecule has 7 heteroatoms. The molecule has 1 aliphatic heterocycles. The normalized spacial score (nSPS) is 19.7. The molecule has 1 aliphatic carbocycles. The van der Waals surface area contributed by atoms with Crippen molar-refractivity contribution in [3.8, 4) is 22.6 Å². The molecule has 1 fully saturated rings. The molecule has 2 aliphatic rings. The Morgan fingerprint density at radius 3 is 2.93 bits per heavy atom. The Hall–Kier alpha value is -2.99. The Morgan fingerprint density at radius 1 is 1.19 bits per heavy atom. The zero-order valence-electron chi connectivity index (χ0n) is 14.2. The number of benzene rings is 2. The minimum atomic E-state index is -0.0854. The predicted octanol–water partition coefficient (Wildman–Crippen LogP) is 4.20. The lowest BCUT2D eigenvalue weighted by molar-refractivity contribution is -0.117. The third-order valence-corrected chi connectivity index (χ3v) is 5.35. The fraction of sp³-hybridized carbons (Fsp3) is 0.200. The Morgan fingerprint density at radius 2 is 2.04 bits per heavy atom. The van der Waals surface area contributed by atoms with E-state index in [1.54, 1.807) is 6.20 Å². The van der Waals surface area contributed by atoms with Gasteiger partial charge in [-0.15, -0.1) is 0 Å². The summed E-state index contributed by atoms with van der Waals surface area (Å²) in [6.07, 6.45) is 2.48. The van der Waals surface area contributed by atoms with Crippen molar-refractivity contribution < 1.29 is 14.3 Å². The van der Waals surface area contributed by atoms with Gasteiger partial charge in [0.1, 0.15) is 5.82 Å². The minimum absolute atomic E-state index is 0.0360. The summed E-state index contributed by atoms with van der Waals surface area (Å²) in [6, 6.07) is 13.3. The first-order chi connectivity index (χ1) is 13.2. The number of carbonyl (C=O) groups excluding carboxylic acids is 1. The van der Waals surface area contributed by atoms with Crippen LogP contribution in [0.1, 0.15) is 17.9 Å². The summed E-state index contributed by atoms with van der Waals surface area (Å²) >= 11 is 6.25. The molecule has 2 atom stereocenters. The molecular formula is C20H16ClN3O3. The highest BCUT2D eigenvalue weighted by Gasteiger charge is 2.45. The van der Waals surface area contributed by atoms with E-state index in [9.17, 15) is 4.79 Å². The minimum Gasteiger partial charge on any atom is -0.454 e.